The van der Waals surface area contributed by atoms with Crippen molar-refractivity contribution in [2.45, 2.75) is 84.5 Å². The molecule has 0 radical (unpaired) electrons. The number of amides is 1. The van der Waals surface area contributed by atoms with E-state index in [1.807, 2.05) is 6.08 Å². The van der Waals surface area contributed by atoms with Gasteiger partial charge in [0.05, 0.1) is 0 Å². The fourth-order valence-electron chi connectivity index (χ4n) is 3.29. The number of rotatable bonds is 19. The van der Waals surface area contributed by atoms with E-state index in [2.05, 4.69) is 56.2 Å². The van der Waals surface area contributed by atoms with E-state index in [-0.39, 0.29) is 5.91 Å². The Bertz CT molecular complexity index is 443. The number of unbranched alkanes of at least 4 members (excludes halogenated alkanes) is 7. The van der Waals surface area contributed by atoms with Crippen molar-refractivity contribution in [2.75, 3.05) is 47.3 Å². The van der Waals surface area contributed by atoms with Crippen LogP contribution < -0.4 is 5.32 Å². The van der Waals surface area contributed by atoms with E-state index in [4.69, 9.17) is 0 Å². The Morgan fingerprint density at radius 1 is 0.828 bits per heavy atom. The molecule has 170 valence electrons. The number of carbonyl (C=O) groups is 1. The molecule has 1 N–H and O–H groups in total. The van der Waals surface area contributed by atoms with Crippen molar-refractivity contribution >= 4 is 5.91 Å². The van der Waals surface area contributed by atoms with Gasteiger partial charge in [0.25, 0.3) is 0 Å². The van der Waals surface area contributed by atoms with Crippen LogP contribution in [0.25, 0.3) is 0 Å². The molecule has 0 spiro atoms. The van der Waals surface area contributed by atoms with Crippen LogP contribution in [0.2, 0.25) is 0 Å². The van der Waals surface area contributed by atoms with Gasteiger partial charge in [-0.15, -0.1) is 0 Å². The minimum atomic E-state index is 0.0126. The van der Waals surface area contributed by atoms with Crippen molar-refractivity contribution in [3.63, 3.8) is 0 Å². The van der Waals surface area contributed by atoms with Crippen LogP contribution in [-0.2, 0) is 4.79 Å². The largest absolute Gasteiger partial charge is 0.353 e. The lowest BCUT2D eigenvalue weighted by Gasteiger charge is -2.17. The number of hydrogen-bond acceptors (Lipinski definition) is 3. The number of nitrogens with one attached hydrogen (secondary N) is 1. The van der Waals surface area contributed by atoms with E-state index in [0.717, 1.165) is 39.0 Å². The average molecular weight is 408 g/mol. The predicted octanol–water partition coefficient (Wildman–Crippen LogP) is 5.41. The zero-order chi connectivity index (χ0) is 21.7. The summed E-state index contributed by atoms with van der Waals surface area (Å²) in [5.41, 5.74) is 1.36. The van der Waals surface area contributed by atoms with Crippen molar-refractivity contribution in [2.24, 2.45) is 0 Å². The molecule has 0 heterocycles. The third-order valence-corrected chi connectivity index (χ3v) is 5.21. The van der Waals surface area contributed by atoms with E-state index in [1.165, 1.54) is 63.4 Å². The Hall–Kier alpha value is -1.13. The third kappa shape index (κ3) is 21.4. The highest BCUT2D eigenvalue weighted by Crippen LogP contribution is 2.12. The van der Waals surface area contributed by atoms with Gasteiger partial charge in [0.1, 0.15) is 0 Å². The molecule has 1 amide bonds. The normalized spacial score (nSPS) is 12.4. The van der Waals surface area contributed by atoms with Crippen LogP contribution in [0.4, 0.5) is 0 Å². The van der Waals surface area contributed by atoms with Gasteiger partial charge in [-0.1, -0.05) is 63.2 Å². The van der Waals surface area contributed by atoms with Gasteiger partial charge in [-0.2, -0.15) is 0 Å². The molecule has 0 unspecified atom stereocenters. The highest BCUT2D eigenvalue weighted by Gasteiger charge is 2.00. The summed E-state index contributed by atoms with van der Waals surface area (Å²) in [6, 6.07) is 0. The summed E-state index contributed by atoms with van der Waals surface area (Å²) in [4.78, 5) is 16.5. The molecular weight excluding hydrogens is 358 g/mol. The fourth-order valence-corrected chi connectivity index (χ4v) is 3.29. The van der Waals surface area contributed by atoms with Crippen LogP contribution in [0.15, 0.2) is 23.8 Å². The van der Waals surface area contributed by atoms with Crippen LogP contribution in [0.3, 0.4) is 0 Å². The van der Waals surface area contributed by atoms with Crippen molar-refractivity contribution < 1.29 is 4.79 Å². The van der Waals surface area contributed by atoms with Crippen molar-refractivity contribution in [3.8, 4) is 0 Å². The van der Waals surface area contributed by atoms with Gasteiger partial charge in [0.2, 0.25) is 5.91 Å². The molecule has 0 fully saturated rings. The summed E-state index contributed by atoms with van der Waals surface area (Å²) in [6.07, 6.45) is 19.6. The van der Waals surface area contributed by atoms with Crippen molar-refractivity contribution in [1.29, 1.82) is 0 Å². The molecule has 0 aliphatic heterocycles. The quantitative estimate of drug-likeness (QED) is 0.177. The second-order valence-corrected chi connectivity index (χ2v) is 8.70. The lowest BCUT2D eigenvalue weighted by atomic mass is 10.1. The van der Waals surface area contributed by atoms with Crippen LogP contribution in [0, 0.1) is 0 Å². The molecule has 0 saturated heterocycles. The molecule has 0 aromatic carbocycles. The molecule has 4 heteroatoms. The van der Waals surface area contributed by atoms with Crippen molar-refractivity contribution in [3.05, 3.63) is 23.8 Å². The number of allylic oxidation sites excluding steroid dienone is 3. The zero-order valence-electron chi connectivity index (χ0n) is 20.1. The molecule has 4 nitrogen and oxygen atoms in total. The molecule has 0 aromatic rings. The van der Waals surface area contributed by atoms with Crippen LogP contribution in [-0.4, -0.2) is 63.0 Å². The summed E-state index contributed by atoms with van der Waals surface area (Å²) in [7, 11) is 6.40. The lowest BCUT2D eigenvalue weighted by Crippen LogP contribution is -2.27. The SMILES string of the molecule is CCCCCCCCCC(C)=CC=CC(=O)NCCCN(C)CCCCN(C)C. The van der Waals surface area contributed by atoms with Gasteiger partial charge in [-0.05, 0) is 79.8 Å². The fraction of sp³-hybridized carbons (Fsp3) is 0.800. The summed E-state index contributed by atoms with van der Waals surface area (Å²) < 4.78 is 0. The first-order valence-corrected chi connectivity index (χ1v) is 11.9. The zero-order valence-corrected chi connectivity index (χ0v) is 20.1. The van der Waals surface area contributed by atoms with Crippen molar-refractivity contribution in [1.82, 2.24) is 15.1 Å². The minimum Gasteiger partial charge on any atom is -0.353 e. The Morgan fingerprint density at radius 3 is 2.14 bits per heavy atom. The molecule has 0 bridgehead atoms. The number of carbonyl (C=O) groups excluding carboxylic acids is 1. The topological polar surface area (TPSA) is 35.6 Å². The maximum atomic E-state index is 11.9. The molecule has 0 aliphatic carbocycles. The first-order valence-electron chi connectivity index (χ1n) is 11.9. The van der Waals surface area contributed by atoms with Crippen LogP contribution >= 0.6 is 0 Å². The van der Waals surface area contributed by atoms with E-state index >= 15 is 0 Å². The minimum absolute atomic E-state index is 0.0126. The Morgan fingerprint density at radius 2 is 1.45 bits per heavy atom. The second kappa shape index (κ2) is 20.2. The Kier molecular flexibility index (Phi) is 19.4. The van der Waals surface area contributed by atoms with Crippen LogP contribution in [0.1, 0.15) is 84.5 Å². The Labute approximate surface area is 181 Å². The predicted molar refractivity (Wildman–Crippen MR) is 128 cm³/mol. The van der Waals surface area contributed by atoms with E-state index in [9.17, 15) is 4.79 Å². The summed E-state index contributed by atoms with van der Waals surface area (Å²) >= 11 is 0. The van der Waals surface area contributed by atoms with Gasteiger partial charge in [0, 0.05) is 12.6 Å². The average Bonchev–Trinajstić information content (AvgIpc) is 2.67. The van der Waals surface area contributed by atoms with Gasteiger partial charge < -0.3 is 15.1 Å². The molecule has 0 atom stereocenters. The summed E-state index contributed by atoms with van der Waals surface area (Å²) in [6.45, 7) is 8.48. The van der Waals surface area contributed by atoms with E-state index in [0.29, 0.717) is 0 Å². The standard InChI is InChI=1S/C25H49N3O/c1-6-7-8-9-10-11-12-17-24(2)18-15-19-25(29)26-20-16-23-28(5)22-14-13-21-27(3)4/h15,18-19H,6-14,16-17,20-23H2,1-5H3,(H,26,29). The number of hydrogen-bond donors (Lipinski definition) is 1. The molecule has 0 aliphatic rings. The van der Waals surface area contributed by atoms with Gasteiger partial charge >= 0.3 is 0 Å². The summed E-state index contributed by atoms with van der Waals surface area (Å²) in [5.74, 6) is 0.0126. The highest BCUT2D eigenvalue weighted by atomic mass is 16.1. The van der Waals surface area contributed by atoms with E-state index < -0.39 is 0 Å². The third-order valence-electron chi connectivity index (χ3n) is 5.21. The van der Waals surface area contributed by atoms with Gasteiger partial charge in [-0.3, -0.25) is 4.79 Å². The maximum Gasteiger partial charge on any atom is 0.243 e. The van der Waals surface area contributed by atoms with E-state index in [1.54, 1.807) is 6.08 Å². The van der Waals surface area contributed by atoms with Gasteiger partial charge in [-0.25, -0.2) is 0 Å². The summed E-state index contributed by atoms with van der Waals surface area (Å²) in [5, 5.41) is 2.98. The molecule has 0 aromatic heterocycles. The second-order valence-electron chi connectivity index (χ2n) is 8.70. The smallest absolute Gasteiger partial charge is 0.243 e. The Balaban J connectivity index is 3.67. The maximum absolute atomic E-state index is 11.9. The monoisotopic (exact) mass is 407 g/mol. The first kappa shape index (κ1) is 27.9. The number of nitrogens with zero attached hydrogens (tertiary/aromatic N) is 2. The molecule has 0 saturated carbocycles. The van der Waals surface area contributed by atoms with Crippen LogP contribution in [0.5, 0.6) is 0 Å². The molecule has 29 heavy (non-hydrogen) atoms. The lowest BCUT2D eigenvalue weighted by molar-refractivity contribution is -0.116. The molecule has 0 rings (SSSR count). The molecular formula is C25H49N3O. The first-order chi connectivity index (χ1) is 14.0. The van der Waals surface area contributed by atoms with Gasteiger partial charge in [0.15, 0.2) is 0 Å². The highest BCUT2D eigenvalue weighted by molar-refractivity contribution is 5.87.